The molecule has 2 aromatic rings. The molecular weight excluding hydrogens is 352 g/mol. The van der Waals surface area contributed by atoms with Gasteiger partial charge in [0.2, 0.25) is 0 Å². The lowest BCUT2D eigenvalue weighted by atomic mass is 10.0. The predicted octanol–water partition coefficient (Wildman–Crippen LogP) is 3.02. The Balaban J connectivity index is 1.30. The molecule has 1 aromatic carbocycles. The van der Waals surface area contributed by atoms with Crippen LogP contribution in [0.25, 0.3) is 10.9 Å². The molecule has 1 fully saturated rings. The standard InChI is InChI=1S/C22H34N4O2/c1-17-5-3-6-20-21(17)19(15-26-20)7-11-25-22(23-2)24-10-4-12-28-16-18-8-13-27-14-9-18/h3,5-6,15,18,26H,4,7-14,16H2,1-2H3,(H2,23,24,25). The van der Waals surface area contributed by atoms with E-state index in [1.165, 1.54) is 22.0 Å². The summed E-state index contributed by atoms with van der Waals surface area (Å²) in [6.07, 6.45) is 6.31. The number of benzene rings is 1. The van der Waals surface area contributed by atoms with Gasteiger partial charge in [0.05, 0.1) is 0 Å². The third-order valence-electron chi connectivity index (χ3n) is 5.36. The van der Waals surface area contributed by atoms with Gasteiger partial charge in [0.1, 0.15) is 0 Å². The highest BCUT2D eigenvalue weighted by Gasteiger charge is 2.13. The summed E-state index contributed by atoms with van der Waals surface area (Å²) in [5, 5.41) is 8.11. The van der Waals surface area contributed by atoms with Crippen molar-refractivity contribution in [3.8, 4) is 0 Å². The smallest absolute Gasteiger partial charge is 0.190 e. The predicted molar refractivity (Wildman–Crippen MR) is 115 cm³/mol. The van der Waals surface area contributed by atoms with Crippen molar-refractivity contribution in [2.45, 2.75) is 32.6 Å². The number of ether oxygens (including phenoxy) is 2. The molecule has 0 amide bonds. The number of nitrogens with zero attached hydrogens (tertiary/aromatic N) is 1. The number of hydrogen-bond acceptors (Lipinski definition) is 3. The van der Waals surface area contributed by atoms with E-state index in [1.54, 1.807) is 0 Å². The van der Waals surface area contributed by atoms with Gasteiger partial charge in [-0.1, -0.05) is 12.1 Å². The Kier molecular flexibility index (Phi) is 8.18. The Labute approximate surface area is 168 Å². The van der Waals surface area contributed by atoms with Crippen molar-refractivity contribution >= 4 is 16.9 Å². The maximum Gasteiger partial charge on any atom is 0.190 e. The quantitative estimate of drug-likeness (QED) is 0.352. The van der Waals surface area contributed by atoms with E-state index in [9.17, 15) is 0 Å². The highest BCUT2D eigenvalue weighted by atomic mass is 16.5. The summed E-state index contributed by atoms with van der Waals surface area (Å²) in [4.78, 5) is 7.67. The fourth-order valence-electron chi connectivity index (χ4n) is 3.73. The summed E-state index contributed by atoms with van der Waals surface area (Å²) >= 11 is 0. The first kappa shape index (κ1) is 20.7. The van der Waals surface area contributed by atoms with Gasteiger partial charge in [-0.25, -0.2) is 0 Å². The molecule has 2 heterocycles. The Morgan fingerprint density at radius 1 is 1.25 bits per heavy atom. The molecule has 0 radical (unpaired) electrons. The summed E-state index contributed by atoms with van der Waals surface area (Å²) in [6.45, 7) is 7.29. The molecule has 0 saturated carbocycles. The monoisotopic (exact) mass is 386 g/mol. The van der Waals surface area contributed by atoms with Crippen molar-refractivity contribution in [1.29, 1.82) is 0 Å². The first-order chi connectivity index (χ1) is 13.8. The molecule has 1 aliphatic rings. The van der Waals surface area contributed by atoms with Gasteiger partial charge in [-0.3, -0.25) is 4.99 Å². The van der Waals surface area contributed by atoms with Crippen LogP contribution in [-0.4, -0.2) is 57.5 Å². The largest absolute Gasteiger partial charge is 0.381 e. The van der Waals surface area contributed by atoms with Gasteiger partial charge < -0.3 is 25.1 Å². The molecule has 0 unspecified atom stereocenters. The summed E-state index contributed by atoms with van der Waals surface area (Å²) in [6, 6.07) is 6.39. The van der Waals surface area contributed by atoms with E-state index >= 15 is 0 Å². The number of hydrogen-bond donors (Lipinski definition) is 3. The Hall–Kier alpha value is -2.05. The van der Waals surface area contributed by atoms with Gasteiger partial charge in [0.15, 0.2) is 5.96 Å². The molecule has 0 spiro atoms. The number of fused-ring (bicyclic) bond motifs is 1. The molecule has 1 saturated heterocycles. The fourth-order valence-corrected chi connectivity index (χ4v) is 3.73. The summed E-state index contributed by atoms with van der Waals surface area (Å²) in [7, 11) is 1.81. The summed E-state index contributed by atoms with van der Waals surface area (Å²) in [5.74, 6) is 1.52. The lowest BCUT2D eigenvalue weighted by Gasteiger charge is -2.21. The first-order valence-corrected chi connectivity index (χ1v) is 10.4. The van der Waals surface area contributed by atoms with Crippen LogP contribution in [0.1, 0.15) is 30.4 Å². The topological polar surface area (TPSA) is 70.7 Å². The van der Waals surface area contributed by atoms with Crippen molar-refractivity contribution in [3.63, 3.8) is 0 Å². The summed E-state index contributed by atoms with van der Waals surface area (Å²) < 4.78 is 11.2. The molecule has 154 valence electrons. The van der Waals surface area contributed by atoms with E-state index in [4.69, 9.17) is 9.47 Å². The van der Waals surface area contributed by atoms with Crippen LogP contribution in [0.2, 0.25) is 0 Å². The molecule has 6 heteroatoms. The molecule has 0 aliphatic carbocycles. The van der Waals surface area contributed by atoms with Crippen LogP contribution in [0.15, 0.2) is 29.4 Å². The van der Waals surface area contributed by atoms with Crippen LogP contribution < -0.4 is 10.6 Å². The van der Waals surface area contributed by atoms with E-state index in [2.05, 4.69) is 51.9 Å². The van der Waals surface area contributed by atoms with E-state index in [1.807, 2.05) is 7.05 Å². The lowest BCUT2D eigenvalue weighted by molar-refractivity contribution is 0.0203. The van der Waals surface area contributed by atoms with Gasteiger partial charge >= 0.3 is 0 Å². The maximum atomic E-state index is 5.81. The van der Waals surface area contributed by atoms with Crippen LogP contribution in [0.5, 0.6) is 0 Å². The van der Waals surface area contributed by atoms with Crippen molar-refractivity contribution in [3.05, 3.63) is 35.5 Å². The SMILES string of the molecule is CN=C(NCCCOCC1CCOCC1)NCCc1c[nH]c2cccc(C)c12. The van der Waals surface area contributed by atoms with E-state index in [0.29, 0.717) is 5.92 Å². The molecule has 6 nitrogen and oxygen atoms in total. The van der Waals surface area contributed by atoms with Gasteiger partial charge in [-0.05, 0) is 55.7 Å². The zero-order valence-corrected chi connectivity index (χ0v) is 17.2. The highest BCUT2D eigenvalue weighted by molar-refractivity contribution is 5.86. The molecule has 28 heavy (non-hydrogen) atoms. The Bertz CT molecular complexity index is 750. The highest BCUT2D eigenvalue weighted by Crippen LogP contribution is 2.22. The Morgan fingerprint density at radius 3 is 2.89 bits per heavy atom. The summed E-state index contributed by atoms with van der Waals surface area (Å²) in [5.41, 5.74) is 3.87. The number of aryl methyl sites for hydroxylation is 1. The number of aromatic amines is 1. The number of aromatic nitrogens is 1. The molecule has 1 aliphatic heterocycles. The van der Waals surface area contributed by atoms with Crippen molar-refractivity contribution < 1.29 is 9.47 Å². The normalized spacial score (nSPS) is 15.9. The number of nitrogens with one attached hydrogen (secondary N) is 3. The minimum atomic E-state index is 0.671. The second-order valence-corrected chi connectivity index (χ2v) is 7.47. The maximum absolute atomic E-state index is 5.81. The first-order valence-electron chi connectivity index (χ1n) is 10.4. The van der Waals surface area contributed by atoms with E-state index < -0.39 is 0 Å². The molecule has 0 atom stereocenters. The molecular formula is C22H34N4O2. The van der Waals surface area contributed by atoms with Crippen molar-refractivity contribution in [2.24, 2.45) is 10.9 Å². The zero-order valence-electron chi connectivity index (χ0n) is 17.2. The average molecular weight is 387 g/mol. The van der Waals surface area contributed by atoms with Gasteiger partial charge in [0.25, 0.3) is 0 Å². The van der Waals surface area contributed by atoms with Crippen LogP contribution in [0.3, 0.4) is 0 Å². The minimum Gasteiger partial charge on any atom is -0.381 e. The number of aliphatic imine (C=N–C) groups is 1. The Morgan fingerprint density at radius 2 is 2.07 bits per heavy atom. The van der Waals surface area contributed by atoms with Crippen LogP contribution in [-0.2, 0) is 15.9 Å². The molecule has 3 N–H and O–H groups in total. The lowest BCUT2D eigenvalue weighted by Crippen LogP contribution is -2.39. The van der Waals surface area contributed by atoms with Crippen molar-refractivity contribution in [1.82, 2.24) is 15.6 Å². The minimum absolute atomic E-state index is 0.671. The second kappa shape index (κ2) is 11.1. The number of rotatable bonds is 9. The third-order valence-corrected chi connectivity index (χ3v) is 5.36. The average Bonchev–Trinajstić information content (AvgIpc) is 3.14. The van der Waals surface area contributed by atoms with Gasteiger partial charge in [0, 0.05) is 63.7 Å². The number of H-pyrrole nitrogens is 1. The van der Waals surface area contributed by atoms with Gasteiger partial charge in [-0.15, -0.1) is 0 Å². The third kappa shape index (κ3) is 5.97. The van der Waals surface area contributed by atoms with Crippen LogP contribution in [0.4, 0.5) is 0 Å². The van der Waals surface area contributed by atoms with Crippen LogP contribution >= 0.6 is 0 Å². The molecule has 3 rings (SSSR count). The zero-order chi connectivity index (χ0) is 19.6. The van der Waals surface area contributed by atoms with Crippen LogP contribution in [0, 0.1) is 12.8 Å². The fraction of sp³-hybridized carbons (Fsp3) is 0.591. The van der Waals surface area contributed by atoms with E-state index in [0.717, 1.165) is 71.2 Å². The van der Waals surface area contributed by atoms with Gasteiger partial charge in [-0.2, -0.15) is 0 Å². The molecule has 0 bridgehead atoms. The van der Waals surface area contributed by atoms with Crippen molar-refractivity contribution in [2.75, 3.05) is 46.6 Å². The second-order valence-electron chi connectivity index (χ2n) is 7.47. The van der Waals surface area contributed by atoms with E-state index in [-0.39, 0.29) is 0 Å². The molecule has 1 aromatic heterocycles. The number of guanidine groups is 1.